The van der Waals surface area contributed by atoms with Gasteiger partial charge in [0.1, 0.15) is 6.33 Å². The second-order valence-corrected chi connectivity index (χ2v) is 8.07. The van der Waals surface area contributed by atoms with Crippen LogP contribution in [0.1, 0.15) is 44.2 Å². The second kappa shape index (κ2) is 7.20. The Morgan fingerprint density at radius 2 is 2.04 bits per heavy atom. The van der Waals surface area contributed by atoms with E-state index in [1.807, 2.05) is 18.2 Å². The van der Waals surface area contributed by atoms with Crippen molar-refractivity contribution in [2.24, 2.45) is 5.92 Å². The Bertz CT molecular complexity index is 724. The van der Waals surface area contributed by atoms with E-state index in [4.69, 9.17) is 0 Å². The van der Waals surface area contributed by atoms with Gasteiger partial charge in [-0.25, -0.2) is 0 Å². The van der Waals surface area contributed by atoms with Crippen LogP contribution in [0, 0.1) is 5.92 Å². The molecule has 2 fully saturated rings. The predicted octanol–water partition coefficient (Wildman–Crippen LogP) is 3.53. The molecule has 25 heavy (non-hydrogen) atoms. The standard InChI is InChI=1S/C19H24N4OS/c1-14(16-7-8-16)22(11-15-5-3-2-4-6-15)18(24)12-25-19-21-20-13-23(19)17-9-10-17/h2-6,13-14,16-17H,7-12H2,1H3. The van der Waals surface area contributed by atoms with E-state index in [0.29, 0.717) is 30.3 Å². The summed E-state index contributed by atoms with van der Waals surface area (Å²) in [6.07, 6.45) is 6.65. The van der Waals surface area contributed by atoms with Crippen molar-refractivity contribution in [3.8, 4) is 0 Å². The number of aromatic nitrogens is 3. The minimum atomic E-state index is 0.193. The molecule has 1 amide bonds. The Balaban J connectivity index is 1.42. The second-order valence-electron chi connectivity index (χ2n) is 7.13. The van der Waals surface area contributed by atoms with Crippen LogP contribution in [-0.4, -0.2) is 37.4 Å². The topological polar surface area (TPSA) is 51.0 Å². The van der Waals surface area contributed by atoms with Crippen LogP contribution >= 0.6 is 11.8 Å². The first-order valence-electron chi connectivity index (χ1n) is 9.08. The van der Waals surface area contributed by atoms with Gasteiger partial charge in [0, 0.05) is 18.6 Å². The molecular formula is C19H24N4OS. The Hall–Kier alpha value is -1.82. The molecule has 2 aromatic rings. The van der Waals surface area contributed by atoms with Crippen molar-refractivity contribution in [1.29, 1.82) is 0 Å². The Kier molecular flexibility index (Phi) is 4.79. The minimum absolute atomic E-state index is 0.193. The summed E-state index contributed by atoms with van der Waals surface area (Å²) in [7, 11) is 0. The van der Waals surface area contributed by atoms with Gasteiger partial charge >= 0.3 is 0 Å². The Morgan fingerprint density at radius 3 is 2.72 bits per heavy atom. The van der Waals surface area contributed by atoms with Crippen molar-refractivity contribution in [3.63, 3.8) is 0 Å². The number of carbonyl (C=O) groups excluding carboxylic acids is 1. The first-order chi connectivity index (χ1) is 12.2. The number of rotatable bonds is 8. The number of hydrogen-bond acceptors (Lipinski definition) is 4. The summed E-state index contributed by atoms with van der Waals surface area (Å²) in [6, 6.07) is 11.1. The SMILES string of the molecule is CC(C1CC1)N(Cc1ccccc1)C(=O)CSc1nncn1C1CC1. The van der Waals surface area contributed by atoms with Crippen LogP contribution < -0.4 is 0 Å². The van der Waals surface area contributed by atoms with E-state index in [1.165, 1.54) is 43.0 Å². The summed E-state index contributed by atoms with van der Waals surface area (Å²) in [5, 5.41) is 9.07. The van der Waals surface area contributed by atoms with Crippen LogP contribution in [0.3, 0.4) is 0 Å². The molecule has 4 rings (SSSR count). The summed E-state index contributed by atoms with van der Waals surface area (Å²) >= 11 is 1.52. The van der Waals surface area contributed by atoms with E-state index in [2.05, 4.69) is 38.7 Å². The van der Waals surface area contributed by atoms with Crippen LogP contribution in [0.4, 0.5) is 0 Å². The summed E-state index contributed by atoms with van der Waals surface area (Å²) in [5.41, 5.74) is 1.19. The normalized spacial score (nSPS) is 18.1. The van der Waals surface area contributed by atoms with E-state index in [9.17, 15) is 4.79 Å². The lowest BCUT2D eigenvalue weighted by molar-refractivity contribution is -0.131. The molecule has 1 atom stereocenters. The first kappa shape index (κ1) is 16.6. The smallest absolute Gasteiger partial charge is 0.233 e. The quantitative estimate of drug-likeness (QED) is 0.679. The number of carbonyl (C=O) groups is 1. The van der Waals surface area contributed by atoms with Crippen LogP contribution in [0.25, 0.3) is 0 Å². The Labute approximate surface area is 152 Å². The third-order valence-corrected chi connectivity index (χ3v) is 6.06. The predicted molar refractivity (Wildman–Crippen MR) is 98.2 cm³/mol. The highest BCUT2D eigenvalue weighted by Crippen LogP contribution is 2.38. The van der Waals surface area contributed by atoms with Crippen molar-refractivity contribution >= 4 is 17.7 Å². The van der Waals surface area contributed by atoms with E-state index in [-0.39, 0.29) is 5.91 Å². The highest BCUT2D eigenvalue weighted by molar-refractivity contribution is 7.99. The molecule has 1 heterocycles. The minimum Gasteiger partial charge on any atom is -0.335 e. The average molecular weight is 356 g/mol. The van der Waals surface area contributed by atoms with Crippen molar-refractivity contribution in [2.45, 2.75) is 56.4 Å². The molecule has 2 saturated carbocycles. The van der Waals surface area contributed by atoms with Crippen LogP contribution in [0.2, 0.25) is 0 Å². The first-order valence-corrected chi connectivity index (χ1v) is 10.1. The molecule has 2 aliphatic carbocycles. The van der Waals surface area contributed by atoms with Crippen molar-refractivity contribution in [2.75, 3.05) is 5.75 Å². The van der Waals surface area contributed by atoms with Gasteiger partial charge in [0.05, 0.1) is 5.75 Å². The fourth-order valence-corrected chi connectivity index (χ4v) is 4.09. The van der Waals surface area contributed by atoms with Crippen molar-refractivity contribution in [1.82, 2.24) is 19.7 Å². The molecule has 0 bridgehead atoms. The zero-order valence-corrected chi connectivity index (χ0v) is 15.4. The molecule has 0 N–H and O–H groups in total. The third-order valence-electron chi connectivity index (χ3n) is 5.12. The number of thioether (sulfide) groups is 1. The van der Waals surface area contributed by atoms with E-state index in [1.54, 1.807) is 6.33 Å². The largest absolute Gasteiger partial charge is 0.335 e. The maximum atomic E-state index is 13.0. The number of nitrogens with zero attached hydrogens (tertiary/aromatic N) is 4. The lowest BCUT2D eigenvalue weighted by Crippen LogP contribution is -2.40. The maximum absolute atomic E-state index is 13.0. The molecule has 0 spiro atoms. The van der Waals surface area contributed by atoms with Crippen LogP contribution in [0.15, 0.2) is 41.8 Å². The van der Waals surface area contributed by atoms with Crippen molar-refractivity contribution in [3.05, 3.63) is 42.2 Å². The van der Waals surface area contributed by atoms with Crippen LogP contribution in [0.5, 0.6) is 0 Å². The molecule has 0 saturated heterocycles. The van der Waals surface area contributed by atoms with Gasteiger partial charge in [-0.3, -0.25) is 4.79 Å². The fourth-order valence-electron chi connectivity index (χ4n) is 3.22. The average Bonchev–Trinajstić information content (AvgIpc) is 3.56. The van der Waals surface area contributed by atoms with Gasteiger partial charge in [-0.05, 0) is 44.1 Å². The summed E-state index contributed by atoms with van der Waals surface area (Å²) in [5.74, 6) is 1.28. The van der Waals surface area contributed by atoms with E-state index in [0.717, 1.165) is 5.16 Å². The maximum Gasteiger partial charge on any atom is 0.233 e. The molecule has 1 unspecified atom stereocenters. The van der Waals surface area contributed by atoms with Crippen LogP contribution in [-0.2, 0) is 11.3 Å². The molecule has 0 aliphatic heterocycles. The molecule has 2 aliphatic rings. The molecule has 132 valence electrons. The van der Waals surface area contributed by atoms with Gasteiger partial charge in [-0.15, -0.1) is 10.2 Å². The number of hydrogen-bond donors (Lipinski definition) is 0. The zero-order valence-electron chi connectivity index (χ0n) is 14.5. The number of amides is 1. The van der Waals surface area contributed by atoms with E-state index < -0.39 is 0 Å². The molecular weight excluding hydrogens is 332 g/mol. The molecule has 0 radical (unpaired) electrons. The number of benzene rings is 1. The third kappa shape index (κ3) is 4.06. The van der Waals surface area contributed by atoms with Gasteiger partial charge in [0.15, 0.2) is 5.16 Å². The van der Waals surface area contributed by atoms with Gasteiger partial charge in [0.25, 0.3) is 0 Å². The van der Waals surface area contributed by atoms with Gasteiger partial charge < -0.3 is 9.47 Å². The molecule has 1 aromatic heterocycles. The lowest BCUT2D eigenvalue weighted by Gasteiger charge is -2.29. The highest BCUT2D eigenvalue weighted by atomic mass is 32.2. The molecule has 5 nitrogen and oxygen atoms in total. The highest BCUT2D eigenvalue weighted by Gasteiger charge is 2.34. The lowest BCUT2D eigenvalue weighted by atomic mass is 10.1. The monoisotopic (exact) mass is 356 g/mol. The molecule has 6 heteroatoms. The van der Waals surface area contributed by atoms with Gasteiger partial charge in [-0.2, -0.15) is 0 Å². The zero-order chi connectivity index (χ0) is 17.2. The fraction of sp³-hybridized carbons (Fsp3) is 0.526. The summed E-state index contributed by atoms with van der Waals surface area (Å²) < 4.78 is 2.11. The van der Waals surface area contributed by atoms with Crippen molar-refractivity contribution < 1.29 is 4.79 Å². The Morgan fingerprint density at radius 1 is 1.28 bits per heavy atom. The van der Waals surface area contributed by atoms with Gasteiger partial charge in [0.2, 0.25) is 5.91 Å². The van der Waals surface area contributed by atoms with E-state index >= 15 is 0 Å². The molecule has 1 aromatic carbocycles. The summed E-state index contributed by atoms with van der Waals surface area (Å²) in [4.78, 5) is 15.0. The summed E-state index contributed by atoms with van der Waals surface area (Å²) in [6.45, 7) is 2.88. The van der Waals surface area contributed by atoms with Gasteiger partial charge in [-0.1, -0.05) is 42.1 Å².